The largest absolute Gasteiger partial charge is 0.483 e. The van der Waals surface area contributed by atoms with Gasteiger partial charge in [-0.25, -0.2) is 0 Å². The van der Waals surface area contributed by atoms with Crippen molar-refractivity contribution in [2.75, 3.05) is 6.61 Å². The van der Waals surface area contributed by atoms with E-state index >= 15 is 0 Å². The molecule has 0 heterocycles. The summed E-state index contributed by atoms with van der Waals surface area (Å²) in [5.74, 6) is -0.187. The average molecular weight is 551 g/mol. The van der Waals surface area contributed by atoms with Crippen LogP contribution in [0, 0.1) is 0 Å². The SMILES string of the molecule is CC[C@H](C)NC(=O)[C@@H](C)N(Cc1c(Cl)cccc1Cl)C(=O)COc1ccc(Cl)cc1Br. The van der Waals surface area contributed by atoms with E-state index < -0.39 is 6.04 Å². The molecule has 5 nitrogen and oxygen atoms in total. The van der Waals surface area contributed by atoms with Crippen LogP contribution in [0.1, 0.15) is 32.8 Å². The summed E-state index contributed by atoms with van der Waals surface area (Å²) < 4.78 is 6.29. The van der Waals surface area contributed by atoms with E-state index in [1.165, 1.54) is 4.90 Å². The molecule has 0 radical (unpaired) electrons. The fourth-order valence-corrected chi connectivity index (χ4v) is 4.03. The second-order valence-electron chi connectivity index (χ2n) is 7.08. The third-order valence-electron chi connectivity index (χ3n) is 4.80. The normalized spacial score (nSPS) is 12.7. The summed E-state index contributed by atoms with van der Waals surface area (Å²) in [6.07, 6.45) is 0.774. The van der Waals surface area contributed by atoms with E-state index in [4.69, 9.17) is 39.5 Å². The van der Waals surface area contributed by atoms with Gasteiger partial charge in [0.25, 0.3) is 5.91 Å². The first-order valence-electron chi connectivity index (χ1n) is 9.74. The molecule has 2 rings (SSSR count). The standard InChI is InChI=1S/C22H24BrCl3N2O3/c1-4-13(2)27-22(30)14(3)28(11-16-18(25)6-5-7-19(16)26)21(29)12-31-20-9-8-15(24)10-17(20)23/h5-10,13-14H,4,11-12H2,1-3H3,(H,27,30)/t13-,14+/m0/s1. The van der Waals surface area contributed by atoms with Crippen LogP contribution in [0.25, 0.3) is 0 Å². The van der Waals surface area contributed by atoms with Crippen LogP contribution in [-0.2, 0) is 16.1 Å². The smallest absolute Gasteiger partial charge is 0.261 e. The number of ether oxygens (including phenoxy) is 1. The van der Waals surface area contributed by atoms with Crippen molar-refractivity contribution >= 4 is 62.5 Å². The maximum Gasteiger partial charge on any atom is 0.261 e. The first kappa shape index (κ1) is 25.8. The summed E-state index contributed by atoms with van der Waals surface area (Å²) in [4.78, 5) is 27.3. The molecule has 2 aromatic carbocycles. The van der Waals surface area contributed by atoms with Gasteiger partial charge in [0.1, 0.15) is 11.8 Å². The highest BCUT2D eigenvalue weighted by atomic mass is 79.9. The number of nitrogens with one attached hydrogen (secondary N) is 1. The minimum absolute atomic E-state index is 0.0166. The minimum atomic E-state index is -0.758. The number of hydrogen-bond acceptors (Lipinski definition) is 3. The summed E-state index contributed by atoms with van der Waals surface area (Å²) in [5.41, 5.74) is 0.565. The Kier molecular flexibility index (Phi) is 9.94. The van der Waals surface area contributed by atoms with Crippen LogP contribution in [-0.4, -0.2) is 35.4 Å². The van der Waals surface area contributed by atoms with Gasteiger partial charge >= 0.3 is 0 Å². The molecule has 0 aliphatic rings. The highest BCUT2D eigenvalue weighted by Crippen LogP contribution is 2.29. The van der Waals surface area contributed by atoms with Crippen molar-refractivity contribution in [3.8, 4) is 5.75 Å². The number of hydrogen-bond donors (Lipinski definition) is 1. The molecule has 2 atom stereocenters. The minimum Gasteiger partial charge on any atom is -0.483 e. The number of benzene rings is 2. The molecule has 0 saturated heterocycles. The second-order valence-corrected chi connectivity index (χ2v) is 9.18. The Labute approximate surface area is 206 Å². The predicted octanol–water partition coefficient (Wildman–Crippen LogP) is 6.12. The molecule has 0 aliphatic carbocycles. The Morgan fingerprint density at radius 1 is 1.13 bits per heavy atom. The Bertz CT molecular complexity index is 922. The summed E-state index contributed by atoms with van der Waals surface area (Å²) in [6, 6.07) is 9.32. The molecule has 9 heteroatoms. The lowest BCUT2D eigenvalue weighted by Gasteiger charge is -2.30. The maximum atomic E-state index is 13.1. The highest BCUT2D eigenvalue weighted by molar-refractivity contribution is 9.10. The van der Waals surface area contributed by atoms with Crippen LogP contribution in [0.15, 0.2) is 40.9 Å². The van der Waals surface area contributed by atoms with Gasteiger partial charge in [-0.1, -0.05) is 47.8 Å². The molecule has 31 heavy (non-hydrogen) atoms. The van der Waals surface area contributed by atoms with Crippen LogP contribution in [0.3, 0.4) is 0 Å². The number of carbonyl (C=O) groups is 2. The molecule has 0 fully saturated rings. The van der Waals surface area contributed by atoms with E-state index in [1.807, 2.05) is 13.8 Å². The van der Waals surface area contributed by atoms with Crippen molar-refractivity contribution in [3.05, 3.63) is 61.5 Å². The fourth-order valence-electron chi connectivity index (χ4n) is 2.72. The van der Waals surface area contributed by atoms with Gasteiger partial charge < -0.3 is 15.0 Å². The quantitative estimate of drug-likeness (QED) is 0.409. The molecule has 0 saturated carbocycles. The van der Waals surface area contributed by atoms with Crippen molar-refractivity contribution in [3.63, 3.8) is 0 Å². The Hall–Kier alpha value is -1.47. The van der Waals surface area contributed by atoms with Crippen LogP contribution < -0.4 is 10.1 Å². The topological polar surface area (TPSA) is 58.6 Å². The average Bonchev–Trinajstić information content (AvgIpc) is 2.72. The number of nitrogens with zero attached hydrogens (tertiary/aromatic N) is 1. The van der Waals surface area contributed by atoms with Crippen molar-refractivity contribution in [2.45, 2.75) is 45.8 Å². The van der Waals surface area contributed by atoms with Gasteiger partial charge in [0.05, 0.1) is 4.47 Å². The van der Waals surface area contributed by atoms with Crippen LogP contribution >= 0.6 is 50.7 Å². The van der Waals surface area contributed by atoms with E-state index in [1.54, 1.807) is 43.3 Å². The summed E-state index contributed by atoms with van der Waals surface area (Å²) in [5, 5.41) is 4.28. The van der Waals surface area contributed by atoms with Crippen LogP contribution in [0.4, 0.5) is 0 Å². The zero-order valence-electron chi connectivity index (χ0n) is 17.4. The molecular weight excluding hydrogens is 527 g/mol. The van der Waals surface area contributed by atoms with E-state index in [-0.39, 0.29) is 31.0 Å². The van der Waals surface area contributed by atoms with E-state index in [2.05, 4.69) is 21.2 Å². The van der Waals surface area contributed by atoms with Crippen molar-refractivity contribution in [1.29, 1.82) is 0 Å². The fraction of sp³-hybridized carbons (Fsp3) is 0.364. The van der Waals surface area contributed by atoms with Gasteiger partial charge in [-0.2, -0.15) is 0 Å². The second kappa shape index (κ2) is 12.0. The van der Waals surface area contributed by atoms with Gasteiger partial charge in [-0.05, 0) is 66.5 Å². The van der Waals surface area contributed by atoms with E-state index in [0.29, 0.717) is 30.9 Å². The van der Waals surface area contributed by atoms with Crippen molar-refractivity contribution in [2.24, 2.45) is 0 Å². The molecule has 0 bridgehead atoms. The van der Waals surface area contributed by atoms with E-state index in [9.17, 15) is 9.59 Å². The zero-order chi connectivity index (χ0) is 23.1. The Balaban J connectivity index is 2.24. The lowest BCUT2D eigenvalue weighted by atomic mass is 10.1. The van der Waals surface area contributed by atoms with Crippen molar-refractivity contribution < 1.29 is 14.3 Å². The van der Waals surface area contributed by atoms with Gasteiger partial charge in [0, 0.05) is 33.2 Å². The lowest BCUT2D eigenvalue weighted by molar-refractivity contribution is -0.142. The molecule has 0 aliphatic heterocycles. The molecule has 0 spiro atoms. The maximum absolute atomic E-state index is 13.1. The summed E-state index contributed by atoms with van der Waals surface area (Å²) in [6.45, 7) is 5.34. The number of halogens is 4. The van der Waals surface area contributed by atoms with Gasteiger partial charge in [0.2, 0.25) is 5.91 Å². The first-order valence-corrected chi connectivity index (χ1v) is 11.7. The van der Waals surface area contributed by atoms with Gasteiger partial charge in [-0.15, -0.1) is 0 Å². The van der Waals surface area contributed by atoms with Gasteiger partial charge in [-0.3, -0.25) is 9.59 Å². The monoisotopic (exact) mass is 548 g/mol. The summed E-state index contributed by atoms with van der Waals surface area (Å²) >= 11 is 21.9. The summed E-state index contributed by atoms with van der Waals surface area (Å²) in [7, 11) is 0. The molecule has 0 aromatic heterocycles. The molecular formula is C22H24BrCl3N2O3. The Morgan fingerprint density at radius 3 is 2.35 bits per heavy atom. The lowest BCUT2D eigenvalue weighted by Crippen LogP contribution is -2.50. The number of rotatable bonds is 9. The third-order valence-corrected chi connectivity index (χ3v) is 6.37. The molecule has 2 aromatic rings. The predicted molar refractivity (Wildman–Crippen MR) is 129 cm³/mol. The van der Waals surface area contributed by atoms with Crippen molar-refractivity contribution in [1.82, 2.24) is 10.2 Å². The Morgan fingerprint density at radius 2 is 1.77 bits per heavy atom. The van der Waals surface area contributed by atoms with Crippen LogP contribution in [0.5, 0.6) is 5.75 Å². The molecule has 168 valence electrons. The molecule has 1 N–H and O–H groups in total. The first-order chi connectivity index (χ1) is 14.6. The number of amides is 2. The van der Waals surface area contributed by atoms with Gasteiger partial charge in [0.15, 0.2) is 6.61 Å². The highest BCUT2D eigenvalue weighted by Gasteiger charge is 2.28. The molecule has 2 amide bonds. The third kappa shape index (κ3) is 7.28. The van der Waals surface area contributed by atoms with Crippen LogP contribution in [0.2, 0.25) is 15.1 Å². The molecule has 0 unspecified atom stereocenters. The zero-order valence-corrected chi connectivity index (χ0v) is 21.3. The number of carbonyl (C=O) groups excluding carboxylic acids is 2. The van der Waals surface area contributed by atoms with E-state index in [0.717, 1.165) is 6.42 Å².